The van der Waals surface area contributed by atoms with Gasteiger partial charge in [0.15, 0.2) is 11.5 Å². The van der Waals surface area contributed by atoms with Crippen molar-refractivity contribution in [1.29, 1.82) is 0 Å². The van der Waals surface area contributed by atoms with Gasteiger partial charge in [-0.25, -0.2) is 4.98 Å². The lowest BCUT2D eigenvalue weighted by atomic mass is 10.1. The van der Waals surface area contributed by atoms with E-state index in [0.29, 0.717) is 23.4 Å². The lowest BCUT2D eigenvalue weighted by Gasteiger charge is -2.17. The van der Waals surface area contributed by atoms with E-state index in [0.717, 1.165) is 5.56 Å². The number of hydrogen-bond acceptors (Lipinski definition) is 6. The third kappa shape index (κ3) is 2.92. The molecule has 2 heterocycles. The number of H-pyrrole nitrogens is 1. The summed E-state index contributed by atoms with van der Waals surface area (Å²) < 4.78 is 0. The zero-order valence-corrected chi connectivity index (χ0v) is 11.3. The smallest absolute Gasteiger partial charge is 0.224 e. The zero-order chi connectivity index (χ0) is 14.7. The van der Waals surface area contributed by atoms with Gasteiger partial charge in [-0.2, -0.15) is 9.97 Å². The van der Waals surface area contributed by atoms with Gasteiger partial charge in [0, 0.05) is 0 Å². The molecule has 0 aliphatic heterocycles. The van der Waals surface area contributed by atoms with Gasteiger partial charge in [0.2, 0.25) is 5.95 Å². The van der Waals surface area contributed by atoms with E-state index in [4.69, 9.17) is 5.73 Å². The van der Waals surface area contributed by atoms with Gasteiger partial charge in [-0.05, 0) is 12.0 Å². The molecule has 2 aromatic heterocycles. The van der Waals surface area contributed by atoms with Crippen molar-refractivity contribution in [3.05, 3.63) is 42.2 Å². The van der Waals surface area contributed by atoms with E-state index in [-0.39, 0.29) is 18.6 Å². The fourth-order valence-corrected chi connectivity index (χ4v) is 2.21. The van der Waals surface area contributed by atoms with E-state index in [1.54, 1.807) is 0 Å². The molecule has 0 saturated carbocycles. The maximum Gasteiger partial charge on any atom is 0.224 e. The minimum Gasteiger partial charge on any atom is -0.394 e. The van der Waals surface area contributed by atoms with E-state index in [1.165, 1.54) is 6.33 Å². The Morgan fingerprint density at radius 2 is 2.05 bits per heavy atom. The van der Waals surface area contributed by atoms with Gasteiger partial charge in [0.05, 0.1) is 19.0 Å². The number of nitrogens with two attached hydrogens (primary N) is 1. The van der Waals surface area contributed by atoms with Gasteiger partial charge >= 0.3 is 0 Å². The molecule has 0 spiro atoms. The second-order valence-electron chi connectivity index (χ2n) is 4.75. The highest BCUT2D eigenvalue weighted by molar-refractivity contribution is 5.83. The SMILES string of the molecule is Nc1nc(NC(CO)Cc2ccccc2)c2[nH]cnc2n1. The van der Waals surface area contributed by atoms with E-state index in [1.807, 2.05) is 30.3 Å². The van der Waals surface area contributed by atoms with Crippen LogP contribution < -0.4 is 11.1 Å². The molecule has 0 aliphatic carbocycles. The third-order valence-corrected chi connectivity index (χ3v) is 3.19. The number of aromatic nitrogens is 4. The van der Waals surface area contributed by atoms with Crippen LogP contribution in [0.2, 0.25) is 0 Å². The minimum atomic E-state index is -0.173. The average molecular weight is 284 g/mol. The van der Waals surface area contributed by atoms with E-state index >= 15 is 0 Å². The largest absolute Gasteiger partial charge is 0.394 e. The minimum absolute atomic E-state index is 0.0194. The Morgan fingerprint density at radius 3 is 2.81 bits per heavy atom. The van der Waals surface area contributed by atoms with Crippen molar-refractivity contribution >= 4 is 22.9 Å². The number of aromatic amines is 1. The Morgan fingerprint density at radius 1 is 1.24 bits per heavy atom. The van der Waals surface area contributed by atoms with E-state index in [9.17, 15) is 5.11 Å². The molecular weight excluding hydrogens is 268 g/mol. The Hall–Kier alpha value is -2.67. The number of benzene rings is 1. The number of anilines is 2. The summed E-state index contributed by atoms with van der Waals surface area (Å²) in [7, 11) is 0. The Bertz CT molecular complexity index is 727. The predicted molar refractivity (Wildman–Crippen MR) is 80.7 cm³/mol. The number of aliphatic hydroxyl groups is 1. The molecule has 0 aliphatic rings. The Labute approximate surface area is 121 Å². The second kappa shape index (κ2) is 5.76. The van der Waals surface area contributed by atoms with Crippen LogP contribution in [-0.4, -0.2) is 37.7 Å². The van der Waals surface area contributed by atoms with Crippen molar-refractivity contribution in [1.82, 2.24) is 19.9 Å². The standard InChI is InChI=1S/C14H16N6O/c15-14-19-12-11(16-8-17-12)13(20-14)18-10(7-21)6-9-4-2-1-3-5-9/h1-5,8,10,21H,6-7H2,(H4,15,16,17,18,19,20). The van der Waals surface area contributed by atoms with Crippen molar-refractivity contribution in [2.45, 2.75) is 12.5 Å². The van der Waals surface area contributed by atoms with Crippen LogP contribution in [0.5, 0.6) is 0 Å². The number of aliphatic hydroxyl groups excluding tert-OH is 1. The number of nitrogen functional groups attached to an aromatic ring is 1. The number of nitrogens with one attached hydrogen (secondary N) is 2. The van der Waals surface area contributed by atoms with Crippen LogP contribution in [0.1, 0.15) is 5.56 Å². The summed E-state index contributed by atoms with van der Waals surface area (Å²) in [6, 6.07) is 9.77. The van der Waals surface area contributed by atoms with Gasteiger partial charge in [0.1, 0.15) is 5.52 Å². The number of imidazole rings is 1. The van der Waals surface area contributed by atoms with Gasteiger partial charge in [-0.3, -0.25) is 0 Å². The molecule has 3 aromatic rings. The summed E-state index contributed by atoms with van der Waals surface area (Å²) in [4.78, 5) is 15.3. The van der Waals surface area contributed by atoms with Crippen LogP contribution in [0, 0.1) is 0 Å². The molecule has 0 saturated heterocycles. The summed E-state index contributed by atoms with van der Waals surface area (Å²) >= 11 is 0. The molecule has 3 rings (SSSR count). The summed E-state index contributed by atoms with van der Waals surface area (Å²) in [5.41, 5.74) is 7.98. The summed E-state index contributed by atoms with van der Waals surface area (Å²) in [6.07, 6.45) is 2.21. The molecule has 108 valence electrons. The lowest BCUT2D eigenvalue weighted by molar-refractivity contribution is 0.273. The molecule has 21 heavy (non-hydrogen) atoms. The summed E-state index contributed by atoms with van der Waals surface area (Å²) in [5.74, 6) is 0.693. The molecule has 1 aromatic carbocycles. The zero-order valence-electron chi connectivity index (χ0n) is 11.3. The fraction of sp³-hybridized carbons (Fsp3) is 0.214. The van der Waals surface area contributed by atoms with Gasteiger partial charge in [-0.15, -0.1) is 0 Å². The maximum atomic E-state index is 9.58. The molecule has 0 bridgehead atoms. The van der Waals surface area contributed by atoms with Crippen molar-refractivity contribution in [3.8, 4) is 0 Å². The van der Waals surface area contributed by atoms with Crippen LogP contribution in [0.4, 0.5) is 11.8 Å². The highest BCUT2D eigenvalue weighted by atomic mass is 16.3. The van der Waals surface area contributed by atoms with Crippen LogP contribution in [-0.2, 0) is 6.42 Å². The molecule has 5 N–H and O–H groups in total. The maximum absolute atomic E-state index is 9.58. The molecule has 0 radical (unpaired) electrons. The first kappa shape index (κ1) is 13.3. The van der Waals surface area contributed by atoms with Crippen LogP contribution in [0.3, 0.4) is 0 Å². The average Bonchev–Trinajstić information content (AvgIpc) is 2.96. The van der Waals surface area contributed by atoms with Crippen LogP contribution in [0.25, 0.3) is 11.2 Å². The normalized spacial score (nSPS) is 12.4. The molecule has 1 unspecified atom stereocenters. The molecule has 7 heteroatoms. The topological polar surface area (TPSA) is 113 Å². The van der Waals surface area contributed by atoms with Crippen LogP contribution >= 0.6 is 0 Å². The molecule has 1 atom stereocenters. The molecular formula is C14H16N6O. The fourth-order valence-electron chi connectivity index (χ4n) is 2.21. The molecule has 0 fully saturated rings. The quantitative estimate of drug-likeness (QED) is 0.555. The number of rotatable bonds is 5. The van der Waals surface area contributed by atoms with Crippen molar-refractivity contribution in [2.75, 3.05) is 17.7 Å². The van der Waals surface area contributed by atoms with Crippen molar-refractivity contribution < 1.29 is 5.11 Å². The Balaban J connectivity index is 1.84. The van der Waals surface area contributed by atoms with E-state index in [2.05, 4.69) is 25.3 Å². The monoisotopic (exact) mass is 284 g/mol. The lowest BCUT2D eigenvalue weighted by Crippen LogP contribution is -2.27. The number of fused-ring (bicyclic) bond motifs is 1. The second-order valence-corrected chi connectivity index (χ2v) is 4.75. The van der Waals surface area contributed by atoms with Gasteiger partial charge in [-0.1, -0.05) is 30.3 Å². The third-order valence-electron chi connectivity index (χ3n) is 3.19. The summed E-state index contributed by atoms with van der Waals surface area (Å²) in [5, 5.41) is 12.8. The first-order chi connectivity index (χ1) is 10.3. The number of nitrogens with zero attached hydrogens (tertiary/aromatic N) is 3. The Kier molecular flexibility index (Phi) is 3.65. The first-order valence-electron chi connectivity index (χ1n) is 6.64. The highest BCUT2D eigenvalue weighted by Gasteiger charge is 2.14. The first-order valence-corrected chi connectivity index (χ1v) is 6.64. The van der Waals surface area contributed by atoms with Crippen molar-refractivity contribution in [3.63, 3.8) is 0 Å². The molecule has 0 amide bonds. The predicted octanol–water partition coefficient (Wildman–Crippen LogP) is 0.951. The highest BCUT2D eigenvalue weighted by Crippen LogP contribution is 2.19. The van der Waals surface area contributed by atoms with E-state index < -0.39 is 0 Å². The number of hydrogen-bond donors (Lipinski definition) is 4. The van der Waals surface area contributed by atoms with Crippen molar-refractivity contribution in [2.24, 2.45) is 0 Å². The molecule has 7 nitrogen and oxygen atoms in total. The van der Waals surface area contributed by atoms with Gasteiger partial charge in [0.25, 0.3) is 0 Å². The van der Waals surface area contributed by atoms with Gasteiger partial charge < -0.3 is 21.1 Å². The summed E-state index contributed by atoms with van der Waals surface area (Å²) in [6.45, 7) is -0.0194. The van der Waals surface area contributed by atoms with Crippen LogP contribution in [0.15, 0.2) is 36.7 Å².